The molecule has 1 aromatic carbocycles. The van der Waals surface area contributed by atoms with Crippen molar-refractivity contribution in [1.29, 1.82) is 0 Å². The molecule has 1 aromatic rings. The van der Waals surface area contributed by atoms with Crippen molar-refractivity contribution in [3.05, 3.63) is 29.8 Å². The minimum atomic E-state index is -0.880. The van der Waals surface area contributed by atoms with E-state index < -0.39 is 35.6 Å². The summed E-state index contributed by atoms with van der Waals surface area (Å²) in [5.41, 5.74) is 17.7. The number of primary amides is 1. The average molecular weight is 718 g/mol. The first-order valence-electron chi connectivity index (χ1n) is 17.8. The van der Waals surface area contributed by atoms with Gasteiger partial charge in [-0.2, -0.15) is 0 Å². The zero-order chi connectivity index (χ0) is 37.9. The number of carbonyl (C=O) groups excluding carboxylic acids is 6. The summed E-state index contributed by atoms with van der Waals surface area (Å²) in [4.78, 5) is 84.9. The van der Waals surface area contributed by atoms with E-state index in [0.29, 0.717) is 44.4 Å². The first kappa shape index (κ1) is 42.9. The molecule has 2 rings (SSSR count). The highest BCUT2D eigenvalue weighted by atomic mass is 16.5. The number of hydrogen-bond donors (Lipinski definition) is 5. The molecular formula is C35H59N9O7. The number of amides is 6. The van der Waals surface area contributed by atoms with Gasteiger partial charge in [-0.3, -0.25) is 28.8 Å². The van der Waals surface area contributed by atoms with Crippen LogP contribution in [-0.4, -0.2) is 139 Å². The van der Waals surface area contributed by atoms with Gasteiger partial charge in [0, 0.05) is 25.7 Å². The molecule has 0 radical (unpaired) electrons. The summed E-state index contributed by atoms with van der Waals surface area (Å²) in [5.74, 6) is -2.19. The average Bonchev–Trinajstić information content (AvgIpc) is 3.66. The molecular weight excluding hydrogens is 658 g/mol. The van der Waals surface area contributed by atoms with Crippen LogP contribution in [0.25, 0.3) is 0 Å². The Bertz CT molecular complexity index is 1290. The van der Waals surface area contributed by atoms with E-state index >= 15 is 0 Å². The van der Waals surface area contributed by atoms with Crippen LogP contribution >= 0.6 is 0 Å². The van der Waals surface area contributed by atoms with E-state index in [1.54, 1.807) is 38.3 Å². The van der Waals surface area contributed by atoms with Crippen LogP contribution in [0.4, 0.5) is 0 Å². The minimum Gasteiger partial charge on any atom is -0.497 e. The second-order valence-electron chi connectivity index (χ2n) is 12.9. The van der Waals surface area contributed by atoms with Gasteiger partial charge in [-0.25, -0.2) is 0 Å². The Morgan fingerprint density at radius 1 is 0.863 bits per heavy atom. The van der Waals surface area contributed by atoms with Gasteiger partial charge in [0.1, 0.15) is 18.3 Å². The number of nitrogens with two attached hydrogens (primary N) is 3. The van der Waals surface area contributed by atoms with E-state index in [1.165, 1.54) is 19.6 Å². The molecule has 0 spiro atoms. The van der Waals surface area contributed by atoms with Crippen LogP contribution in [0.3, 0.4) is 0 Å². The van der Waals surface area contributed by atoms with Gasteiger partial charge in [-0.1, -0.05) is 19.1 Å². The van der Waals surface area contributed by atoms with E-state index in [9.17, 15) is 28.8 Å². The number of methoxy groups -OCH3 is 1. The molecule has 51 heavy (non-hydrogen) atoms. The molecule has 16 nitrogen and oxygen atoms in total. The fourth-order valence-corrected chi connectivity index (χ4v) is 5.69. The van der Waals surface area contributed by atoms with Crippen molar-refractivity contribution >= 4 is 35.4 Å². The fraction of sp³-hybridized carbons (Fsp3) is 0.657. The molecule has 286 valence electrons. The highest BCUT2D eigenvalue weighted by Gasteiger charge is 2.32. The molecule has 1 fully saturated rings. The monoisotopic (exact) mass is 717 g/mol. The quantitative estimate of drug-likeness (QED) is 0.0881. The van der Waals surface area contributed by atoms with Gasteiger partial charge in [0.2, 0.25) is 35.4 Å². The van der Waals surface area contributed by atoms with Crippen LogP contribution in [0.15, 0.2) is 24.3 Å². The van der Waals surface area contributed by atoms with Crippen LogP contribution in [0.5, 0.6) is 5.75 Å². The third-order valence-corrected chi connectivity index (χ3v) is 8.92. The summed E-state index contributed by atoms with van der Waals surface area (Å²) in [6.07, 6.45) is 3.63. The van der Waals surface area contributed by atoms with Crippen molar-refractivity contribution in [2.75, 3.05) is 66.0 Å². The fourth-order valence-electron chi connectivity index (χ4n) is 5.69. The Morgan fingerprint density at radius 2 is 1.49 bits per heavy atom. The topological polar surface area (TPSA) is 227 Å². The molecule has 1 unspecified atom stereocenters. The predicted molar refractivity (Wildman–Crippen MR) is 193 cm³/mol. The Hall–Kier alpha value is -4.28. The van der Waals surface area contributed by atoms with Crippen LogP contribution in [0, 0.1) is 0 Å². The van der Waals surface area contributed by atoms with Gasteiger partial charge in [0.05, 0.1) is 32.8 Å². The van der Waals surface area contributed by atoms with Gasteiger partial charge in [0.25, 0.3) is 0 Å². The number of ether oxygens (including phenoxy) is 1. The van der Waals surface area contributed by atoms with E-state index in [2.05, 4.69) is 10.6 Å². The van der Waals surface area contributed by atoms with E-state index in [0.717, 1.165) is 18.5 Å². The highest BCUT2D eigenvalue weighted by Crippen LogP contribution is 2.14. The van der Waals surface area contributed by atoms with Crippen molar-refractivity contribution in [2.24, 2.45) is 17.2 Å². The Labute approximate surface area is 301 Å². The maximum Gasteiger partial charge on any atom is 0.245 e. The molecule has 1 aliphatic heterocycles. The second kappa shape index (κ2) is 22.5. The highest BCUT2D eigenvalue weighted by molar-refractivity contribution is 5.93. The normalized spacial score (nSPS) is 15.0. The number of nitrogens with zero attached hydrogens (tertiary/aromatic N) is 4. The summed E-state index contributed by atoms with van der Waals surface area (Å²) in [6, 6.07) is 5.39. The SMILES string of the molecule is CCC(C)N(CC(=O)N(CCCCN)CC(=O)N(CC(N)=O)Cc1ccc(OC)cc1)C(=O)CN(CCCN)C(=O)[C@H](C)NC(=O)[C@@H]1CCCN1. The third-order valence-electron chi connectivity index (χ3n) is 8.92. The molecule has 0 saturated carbocycles. The van der Waals surface area contributed by atoms with E-state index in [4.69, 9.17) is 21.9 Å². The maximum absolute atomic E-state index is 13.9. The number of benzene rings is 1. The molecule has 6 amide bonds. The molecule has 1 saturated heterocycles. The van der Waals surface area contributed by atoms with Crippen molar-refractivity contribution < 1.29 is 33.5 Å². The maximum atomic E-state index is 13.9. The number of rotatable bonds is 23. The lowest BCUT2D eigenvalue weighted by Gasteiger charge is -2.34. The number of unbranched alkanes of at least 4 members (excludes halogenated alkanes) is 1. The first-order valence-corrected chi connectivity index (χ1v) is 17.8. The zero-order valence-corrected chi connectivity index (χ0v) is 30.7. The van der Waals surface area contributed by atoms with Crippen molar-refractivity contribution in [2.45, 2.75) is 84.0 Å². The molecule has 1 heterocycles. The Morgan fingerprint density at radius 3 is 2.06 bits per heavy atom. The lowest BCUT2D eigenvalue weighted by molar-refractivity contribution is -0.148. The number of nitrogens with one attached hydrogen (secondary N) is 2. The lowest BCUT2D eigenvalue weighted by Crippen LogP contribution is -2.55. The van der Waals surface area contributed by atoms with Gasteiger partial charge in [0.15, 0.2) is 0 Å². The predicted octanol–water partition coefficient (Wildman–Crippen LogP) is -0.862. The van der Waals surface area contributed by atoms with E-state index in [1.807, 2.05) is 13.8 Å². The molecule has 0 aliphatic carbocycles. The smallest absolute Gasteiger partial charge is 0.245 e. The van der Waals surface area contributed by atoms with Gasteiger partial charge in [-0.15, -0.1) is 0 Å². The molecule has 16 heteroatoms. The summed E-state index contributed by atoms with van der Waals surface area (Å²) in [7, 11) is 1.54. The summed E-state index contributed by atoms with van der Waals surface area (Å²) in [6.45, 7) is 5.79. The summed E-state index contributed by atoms with van der Waals surface area (Å²) < 4.78 is 5.20. The lowest BCUT2D eigenvalue weighted by atomic mass is 10.1. The van der Waals surface area contributed by atoms with Crippen LogP contribution < -0.4 is 32.6 Å². The second-order valence-corrected chi connectivity index (χ2v) is 12.9. The van der Waals surface area contributed by atoms with Crippen LogP contribution in [-0.2, 0) is 35.3 Å². The van der Waals surface area contributed by atoms with Crippen LogP contribution in [0.1, 0.15) is 64.9 Å². The zero-order valence-electron chi connectivity index (χ0n) is 30.7. The first-order chi connectivity index (χ1) is 24.3. The molecule has 0 aromatic heterocycles. The van der Waals surface area contributed by atoms with Crippen molar-refractivity contribution in [3.8, 4) is 5.75 Å². The summed E-state index contributed by atoms with van der Waals surface area (Å²) >= 11 is 0. The molecule has 0 bridgehead atoms. The van der Waals surface area contributed by atoms with Gasteiger partial charge >= 0.3 is 0 Å². The largest absolute Gasteiger partial charge is 0.497 e. The van der Waals surface area contributed by atoms with Crippen LogP contribution in [0.2, 0.25) is 0 Å². The molecule has 3 atom stereocenters. The molecule has 1 aliphatic rings. The van der Waals surface area contributed by atoms with Crippen molar-refractivity contribution in [3.63, 3.8) is 0 Å². The third kappa shape index (κ3) is 14.5. The Balaban J connectivity index is 2.24. The number of carbonyl (C=O) groups is 6. The van der Waals surface area contributed by atoms with E-state index in [-0.39, 0.29) is 70.3 Å². The Kier molecular flexibility index (Phi) is 18.9. The minimum absolute atomic E-state index is 0.0801. The van der Waals surface area contributed by atoms with Gasteiger partial charge in [-0.05, 0) is 89.7 Å². The van der Waals surface area contributed by atoms with Gasteiger partial charge < -0.3 is 52.2 Å². The summed E-state index contributed by atoms with van der Waals surface area (Å²) in [5, 5.41) is 5.87. The molecule has 8 N–H and O–H groups in total. The van der Waals surface area contributed by atoms with Crippen molar-refractivity contribution in [1.82, 2.24) is 30.2 Å². The standard InChI is InChI=1S/C35H59N9O7/c1-5-25(2)44(33(48)23-42(19-9-16-37)35(50)26(3)40-34(49)29-10-8-17-39-29)24-32(47)41(18-7-6-15-36)22-31(46)43(21-30(38)45)20-27-11-13-28(51-4)14-12-27/h11-14,25-26,29,39H,5-10,15-24,36-37H2,1-4H3,(H2,38,45)(H,40,49)/t25?,26-,29-/m0/s1. The number of hydrogen-bond acceptors (Lipinski definition) is 10.